The number of ketones is 1. The minimum Gasteiger partial charge on any atom is -0.384 e. The molecule has 3 rings (SSSR count). The topological polar surface area (TPSA) is 67.4 Å². The number of hydrogen-bond donors (Lipinski definition) is 2. The molecular formula is C18H24N2O3. The third-order valence-electron chi connectivity index (χ3n) is 4.98. The number of hydrogen-bond acceptors (Lipinski definition) is 4. The van der Waals surface area contributed by atoms with Crippen molar-refractivity contribution >= 4 is 17.4 Å². The van der Waals surface area contributed by atoms with Gasteiger partial charge in [0.25, 0.3) is 0 Å². The maximum atomic E-state index is 12.8. The second kappa shape index (κ2) is 6.81. The summed E-state index contributed by atoms with van der Waals surface area (Å²) >= 11 is 0. The predicted molar refractivity (Wildman–Crippen MR) is 88.8 cm³/mol. The van der Waals surface area contributed by atoms with Crippen LogP contribution in [0.2, 0.25) is 0 Å². The summed E-state index contributed by atoms with van der Waals surface area (Å²) in [5.74, 6) is 0.167. The van der Waals surface area contributed by atoms with Gasteiger partial charge in [0.05, 0.1) is 12.0 Å². The number of fused-ring (bicyclic) bond motifs is 1. The molecule has 1 aliphatic heterocycles. The highest BCUT2D eigenvalue weighted by atomic mass is 16.5. The first-order chi connectivity index (χ1) is 11.1. The van der Waals surface area contributed by atoms with Gasteiger partial charge in [0.1, 0.15) is 0 Å². The molecule has 0 saturated carbocycles. The molecule has 0 unspecified atom stereocenters. The van der Waals surface area contributed by atoms with Crippen LogP contribution >= 0.6 is 0 Å². The number of ether oxygens (including phenoxy) is 1. The van der Waals surface area contributed by atoms with Crippen LogP contribution in [0.1, 0.15) is 41.6 Å². The van der Waals surface area contributed by atoms with E-state index in [0.29, 0.717) is 18.7 Å². The monoisotopic (exact) mass is 316 g/mol. The summed E-state index contributed by atoms with van der Waals surface area (Å²) in [7, 11) is 1.63. The molecule has 1 aromatic carbocycles. The number of nitrogens with one attached hydrogen (secondary N) is 2. The molecule has 2 N–H and O–H groups in total. The Balaban J connectivity index is 1.79. The molecule has 1 saturated heterocycles. The molecule has 1 fully saturated rings. The van der Waals surface area contributed by atoms with Crippen molar-refractivity contribution in [2.45, 2.75) is 32.1 Å². The van der Waals surface area contributed by atoms with E-state index >= 15 is 0 Å². The van der Waals surface area contributed by atoms with Crippen LogP contribution in [0.5, 0.6) is 0 Å². The zero-order chi connectivity index (χ0) is 16.3. The molecule has 1 amide bonds. The average Bonchev–Trinajstić information content (AvgIpc) is 2.57. The second-order valence-electron chi connectivity index (χ2n) is 6.57. The smallest absolute Gasteiger partial charge is 0.233 e. The van der Waals surface area contributed by atoms with Crippen molar-refractivity contribution in [3.05, 3.63) is 29.3 Å². The zero-order valence-electron chi connectivity index (χ0n) is 13.6. The number of Topliss-reactive ketones (excluding diaryl/α,β-unsaturated/α-hetero) is 1. The molecule has 5 nitrogen and oxygen atoms in total. The number of aryl methyl sites for hydroxylation is 1. The van der Waals surface area contributed by atoms with E-state index in [1.54, 1.807) is 7.11 Å². The van der Waals surface area contributed by atoms with Crippen molar-refractivity contribution < 1.29 is 14.3 Å². The molecule has 2 aliphatic rings. The summed E-state index contributed by atoms with van der Waals surface area (Å²) in [5.41, 5.74) is 2.07. The number of benzene rings is 1. The van der Waals surface area contributed by atoms with Crippen molar-refractivity contribution in [3.63, 3.8) is 0 Å². The molecule has 5 heteroatoms. The number of amides is 1. The van der Waals surface area contributed by atoms with Crippen molar-refractivity contribution in [2.75, 3.05) is 32.1 Å². The maximum absolute atomic E-state index is 12.8. The Bertz CT molecular complexity index is 601. The van der Waals surface area contributed by atoms with Gasteiger partial charge in [0.2, 0.25) is 5.91 Å². The van der Waals surface area contributed by atoms with Gasteiger partial charge in [-0.15, -0.1) is 0 Å². The summed E-state index contributed by atoms with van der Waals surface area (Å²) < 4.78 is 5.31. The molecule has 23 heavy (non-hydrogen) atoms. The number of methoxy groups -OCH3 is 1. The van der Waals surface area contributed by atoms with Gasteiger partial charge in [0.15, 0.2) is 5.78 Å². The minimum atomic E-state index is -0.486. The lowest BCUT2D eigenvalue weighted by molar-refractivity contribution is -0.130. The molecule has 0 radical (unpaired) electrons. The van der Waals surface area contributed by atoms with Crippen LogP contribution in [0.25, 0.3) is 0 Å². The molecule has 1 heterocycles. The molecule has 0 aromatic heterocycles. The van der Waals surface area contributed by atoms with Gasteiger partial charge in [-0.25, -0.2) is 0 Å². The first-order valence-corrected chi connectivity index (χ1v) is 8.32. The fourth-order valence-corrected chi connectivity index (χ4v) is 3.59. The molecule has 1 aromatic rings. The summed E-state index contributed by atoms with van der Waals surface area (Å²) in [6, 6.07) is 5.70. The maximum Gasteiger partial charge on any atom is 0.233 e. The fraction of sp³-hybridized carbons (Fsp3) is 0.556. The minimum absolute atomic E-state index is 0.0101. The first-order valence-electron chi connectivity index (χ1n) is 8.32. The third kappa shape index (κ3) is 3.31. The van der Waals surface area contributed by atoms with Crippen molar-refractivity contribution in [1.29, 1.82) is 0 Å². The highest BCUT2D eigenvalue weighted by Crippen LogP contribution is 2.32. The Hall–Kier alpha value is -1.72. The fourth-order valence-electron chi connectivity index (χ4n) is 3.59. The molecular weight excluding hydrogens is 292 g/mol. The number of rotatable bonds is 4. The lowest BCUT2D eigenvalue weighted by Crippen LogP contribution is -2.47. The van der Waals surface area contributed by atoms with Crippen LogP contribution in [0, 0.1) is 5.41 Å². The van der Waals surface area contributed by atoms with Crippen LogP contribution in [-0.2, 0) is 16.0 Å². The third-order valence-corrected chi connectivity index (χ3v) is 4.98. The van der Waals surface area contributed by atoms with Gasteiger partial charge in [-0.2, -0.15) is 0 Å². The highest BCUT2D eigenvalue weighted by Gasteiger charge is 2.39. The molecule has 1 aliphatic carbocycles. The van der Waals surface area contributed by atoms with E-state index < -0.39 is 5.41 Å². The summed E-state index contributed by atoms with van der Waals surface area (Å²) in [5, 5.41) is 6.29. The lowest BCUT2D eigenvalue weighted by atomic mass is 9.78. The zero-order valence-corrected chi connectivity index (χ0v) is 13.6. The van der Waals surface area contributed by atoms with E-state index in [9.17, 15) is 9.59 Å². The molecule has 124 valence electrons. The van der Waals surface area contributed by atoms with E-state index in [0.717, 1.165) is 49.9 Å². The van der Waals surface area contributed by atoms with Gasteiger partial charge in [-0.1, -0.05) is 6.07 Å². The Morgan fingerprint density at radius 3 is 2.83 bits per heavy atom. The summed E-state index contributed by atoms with van der Waals surface area (Å²) in [6.07, 6.45) is 3.98. The van der Waals surface area contributed by atoms with Crippen LogP contribution < -0.4 is 10.6 Å². The number of carbonyl (C=O) groups excluding carboxylic acids is 2. The number of piperidine rings is 1. The Labute approximate surface area is 136 Å². The van der Waals surface area contributed by atoms with Crippen LogP contribution in [-0.4, -0.2) is 38.5 Å². The van der Waals surface area contributed by atoms with Crippen LogP contribution in [0.15, 0.2) is 18.2 Å². The van der Waals surface area contributed by atoms with E-state index in [2.05, 4.69) is 10.6 Å². The highest BCUT2D eigenvalue weighted by molar-refractivity contribution is 6.01. The molecule has 0 spiro atoms. The second-order valence-corrected chi connectivity index (χ2v) is 6.57. The normalized spacial score (nSPS) is 20.0. The van der Waals surface area contributed by atoms with Crippen LogP contribution in [0.4, 0.5) is 5.69 Å². The predicted octanol–water partition coefficient (Wildman–Crippen LogP) is 2.16. The van der Waals surface area contributed by atoms with E-state index in [-0.39, 0.29) is 11.7 Å². The van der Waals surface area contributed by atoms with Gasteiger partial charge < -0.3 is 15.4 Å². The van der Waals surface area contributed by atoms with Crippen molar-refractivity contribution in [3.8, 4) is 0 Å². The average molecular weight is 316 g/mol. The van der Waals surface area contributed by atoms with Crippen molar-refractivity contribution in [2.24, 2.45) is 5.41 Å². The summed E-state index contributed by atoms with van der Waals surface area (Å²) in [4.78, 5) is 24.9. The molecule has 0 atom stereocenters. The van der Waals surface area contributed by atoms with Crippen LogP contribution in [0.3, 0.4) is 0 Å². The van der Waals surface area contributed by atoms with Gasteiger partial charge in [0, 0.05) is 24.8 Å². The lowest BCUT2D eigenvalue weighted by Gasteiger charge is -2.35. The largest absolute Gasteiger partial charge is 0.384 e. The summed E-state index contributed by atoms with van der Waals surface area (Å²) in [6.45, 7) is 2.06. The van der Waals surface area contributed by atoms with Crippen molar-refractivity contribution in [1.82, 2.24) is 5.32 Å². The Morgan fingerprint density at radius 2 is 2.09 bits per heavy atom. The standard InChI is InChI=1S/C18H24N2O3/c1-23-12-18(7-9-19-10-8-18)17(22)20-14-6-5-13-3-2-4-16(21)15(13)11-14/h5-6,11,19H,2-4,7-10,12H2,1H3,(H,20,22). The van der Waals surface area contributed by atoms with Gasteiger partial charge >= 0.3 is 0 Å². The quantitative estimate of drug-likeness (QED) is 0.893. The Kier molecular flexibility index (Phi) is 4.78. The number of carbonyl (C=O) groups is 2. The van der Waals surface area contributed by atoms with Gasteiger partial charge in [-0.3, -0.25) is 9.59 Å². The SMILES string of the molecule is COCC1(C(=O)Nc2ccc3c(c2)C(=O)CCC3)CCNCC1. The Morgan fingerprint density at radius 1 is 1.30 bits per heavy atom. The van der Waals surface area contributed by atoms with E-state index in [1.165, 1.54) is 0 Å². The first kappa shape index (κ1) is 16.1. The van der Waals surface area contributed by atoms with E-state index in [4.69, 9.17) is 4.74 Å². The van der Waals surface area contributed by atoms with Gasteiger partial charge in [-0.05, 0) is 56.5 Å². The van der Waals surface area contributed by atoms with E-state index in [1.807, 2.05) is 18.2 Å². The number of anilines is 1. The molecule has 0 bridgehead atoms.